The van der Waals surface area contributed by atoms with Crippen LogP contribution in [-0.4, -0.2) is 5.54 Å². The molecule has 1 aliphatic carbocycles. The van der Waals surface area contributed by atoms with E-state index in [9.17, 15) is 0 Å². The molecule has 0 amide bonds. The topological polar surface area (TPSA) is 26.0 Å². The second kappa shape index (κ2) is 5.88. The average Bonchev–Trinajstić information content (AvgIpc) is 2.28. The summed E-state index contributed by atoms with van der Waals surface area (Å²) in [5.41, 5.74) is 7.74. The van der Waals surface area contributed by atoms with Gasteiger partial charge in [-0.3, -0.25) is 0 Å². The van der Waals surface area contributed by atoms with E-state index in [1.165, 1.54) is 37.7 Å². The molecule has 0 spiro atoms. The standard InChI is InChI=1S/C15H22ClN/c16-14-9-5-4-8-13(14)12-15(17)10-6-2-1-3-7-11-15/h4-5,8-9H,1-3,6-7,10-12,17H2. The maximum Gasteiger partial charge on any atom is 0.0438 e. The summed E-state index contributed by atoms with van der Waals surface area (Å²) in [4.78, 5) is 0. The van der Waals surface area contributed by atoms with Crippen LogP contribution in [-0.2, 0) is 6.42 Å². The Morgan fingerprint density at radius 2 is 1.59 bits per heavy atom. The van der Waals surface area contributed by atoms with Crippen LogP contribution in [0.3, 0.4) is 0 Å². The van der Waals surface area contributed by atoms with Crippen molar-refractivity contribution in [2.75, 3.05) is 0 Å². The first kappa shape index (κ1) is 12.9. The summed E-state index contributed by atoms with van der Waals surface area (Å²) in [6, 6.07) is 8.10. The molecule has 0 unspecified atom stereocenters. The molecule has 1 saturated carbocycles. The van der Waals surface area contributed by atoms with Gasteiger partial charge in [0.25, 0.3) is 0 Å². The molecule has 2 rings (SSSR count). The second-order valence-electron chi connectivity index (χ2n) is 5.40. The molecule has 1 aromatic rings. The fourth-order valence-corrected chi connectivity index (χ4v) is 3.01. The van der Waals surface area contributed by atoms with Crippen LogP contribution < -0.4 is 5.73 Å². The molecule has 2 heteroatoms. The monoisotopic (exact) mass is 251 g/mol. The van der Waals surface area contributed by atoms with Crippen molar-refractivity contribution in [2.24, 2.45) is 5.73 Å². The molecule has 0 aromatic heterocycles. The molecule has 1 fully saturated rings. The SMILES string of the molecule is NC1(Cc2ccccc2Cl)CCCCCCC1. The van der Waals surface area contributed by atoms with Gasteiger partial charge in [-0.15, -0.1) is 0 Å². The zero-order chi connectivity index (χ0) is 12.1. The summed E-state index contributed by atoms with van der Waals surface area (Å²) in [6.07, 6.45) is 9.77. The zero-order valence-corrected chi connectivity index (χ0v) is 11.2. The first-order chi connectivity index (χ1) is 8.20. The Bertz CT molecular complexity index is 354. The van der Waals surface area contributed by atoms with E-state index in [0.29, 0.717) is 0 Å². The highest BCUT2D eigenvalue weighted by Gasteiger charge is 2.26. The van der Waals surface area contributed by atoms with Gasteiger partial charge < -0.3 is 5.73 Å². The summed E-state index contributed by atoms with van der Waals surface area (Å²) >= 11 is 6.22. The third-order valence-corrected chi connectivity index (χ3v) is 4.22. The molecule has 0 aliphatic heterocycles. The number of hydrogen-bond acceptors (Lipinski definition) is 1. The molecule has 1 aromatic carbocycles. The normalized spacial score (nSPS) is 20.6. The van der Waals surface area contributed by atoms with Gasteiger partial charge in [0.05, 0.1) is 0 Å². The van der Waals surface area contributed by atoms with Gasteiger partial charge in [-0.2, -0.15) is 0 Å². The highest BCUT2D eigenvalue weighted by molar-refractivity contribution is 6.31. The Kier molecular flexibility index (Phi) is 4.47. The molecule has 1 nitrogen and oxygen atoms in total. The van der Waals surface area contributed by atoms with Crippen molar-refractivity contribution in [1.82, 2.24) is 0 Å². The minimum absolute atomic E-state index is 0.0363. The van der Waals surface area contributed by atoms with E-state index in [4.69, 9.17) is 17.3 Å². The number of nitrogens with two attached hydrogens (primary N) is 1. The van der Waals surface area contributed by atoms with Gasteiger partial charge in [-0.1, -0.05) is 61.9 Å². The van der Waals surface area contributed by atoms with E-state index in [2.05, 4.69) is 6.07 Å². The molecule has 1 aliphatic rings. The molecular weight excluding hydrogens is 230 g/mol. The second-order valence-corrected chi connectivity index (χ2v) is 5.81. The number of hydrogen-bond donors (Lipinski definition) is 1. The van der Waals surface area contributed by atoms with Crippen LogP contribution in [0.4, 0.5) is 0 Å². The van der Waals surface area contributed by atoms with E-state index in [-0.39, 0.29) is 5.54 Å². The molecule has 17 heavy (non-hydrogen) atoms. The summed E-state index contributed by atoms with van der Waals surface area (Å²) in [6.45, 7) is 0. The van der Waals surface area contributed by atoms with Crippen molar-refractivity contribution in [1.29, 1.82) is 0 Å². The van der Waals surface area contributed by atoms with Crippen LogP contribution in [0.2, 0.25) is 5.02 Å². The lowest BCUT2D eigenvalue weighted by Crippen LogP contribution is -2.42. The minimum atomic E-state index is -0.0363. The van der Waals surface area contributed by atoms with Crippen LogP contribution >= 0.6 is 11.6 Å². The molecule has 2 N–H and O–H groups in total. The van der Waals surface area contributed by atoms with Crippen molar-refractivity contribution in [3.8, 4) is 0 Å². The maximum atomic E-state index is 6.57. The van der Waals surface area contributed by atoms with Crippen molar-refractivity contribution in [3.63, 3.8) is 0 Å². The van der Waals surface area contributed by atoms with E-state index < -0.39 is 0 Å². The molecule has 94 valence electrons. The van der Waals surface area contributed by atoms with Crippen LogP contribution in [0, 0.1) is 0 Å². The van der Waals surface area contributed by atoms with Gasteiger partial charge >= 0.3 is 0 Å². The lowest BCUT2D eigenvalue weighted by atomic mass is 9.80. The van der Waals surface area contributed by atoms with Gasteiger partial charge in [0, 0.05) is 10.6 Å². The largest absolute Gasteiger partial charge is 0.325 e. The summed E-state index contributed by atoms with van der Waals surface area (Å²) in [5.74, 6) is 0. The lowest BCUT2D eigenvalue weighted by molar-refractivity contribution is 0.314. The predicted octanol–water partition coefficient (Wildman–Crippen LogP) is 4.32. The Morgan fingerprint density at radius 1 is 1.00 bits per heavy atom. The molecule has 0 bridgehead atoms. The van der Waals surface area contributed by atoms with Gasteiger partial charge in [0.1, 0.15) is 0 Å². The maximum absolute atomic E-state index is 6.57. The van der Waals surface area contributed by atoms with Crippen molar-refractivity contribution in [3.05, 3.63) is 34.9 Å². The first-order valence-electron chi connectivity index (χ1n) is 6.72. The number of rotatable bonds is 2. The first-order valence-corrected chi connectivity index (χ1v) is 7.10. The third-order valence-electron chi connectivity index (χ3n) is 3.85. The van der Waals surface area contributed by atoms with E-state index in [1.807, 2.05) is 18.2 Å². The predicted molar refractivity (Wildman–Crippen MR) is 74.4 cm³/mol. The van der Waals surface area contributed by atoms with Crippen LogP contribution in [0.15, 0.2) is 24.3 Å². The Morgan fingerprint density at radius 3 is 2.24 bits per heavy atom. The molecule has 0 saturated heterocycles. The van der Waals surface area contributed by atoms with Crippen molar-refractivity contribution >= 4 is 11.6 Å². The smallest absolute Gasteiger partial charge is 0.0438 e. The van der Waals surface area contributed by atoms with Gasteiger partial charge in [-0.05, 0) is 30.9 Å². The fourth-order valence-electron chi connectivity index (χ4n) is 2.81. The summed E-state index contributed by atoms with van der Waals surface area (Å²) in [5, 5.41) is 0.861. The molecular formula is C15H22ClN. The lowest BCUT2D eigenvalue weighted by Gasteiger charge is -2.32. The van der Waals surface area contributed by atoms with Gasteiger partial charge in [0.2, 0.25) is 0 Å². The van der Waals surface area contributed by atoms with Gasteiger partial charge in [0.15, 0.2) is 0 Å². The van der Waals surface area contributed by atoms with Crippen LogP contribution in [0.1, 0.15) is 50.5 Å². The van der Waals surface area contributed by atoms with Gasteiger partial charge in [-0.25, -0.2) is 0 Å². The minimum Gasteiger partial charge on any atom is -0.325 e. The third kappa shape index (κ3) is 3.72. The van der Waals surface area contributed by atoms with Crippen molar-refractivity contribution < 1.29 is 0 Å². The number of benzene rings is 1. The zero-order valence-electron chi connectivity index (χ0n) is 10.4. The average molecular weight is 252 g/mol. The van der Waals surface area contributed by atoms with Crippen LogP contribution in [0.25, 0.3) is 0 Å². The van der Waals surface area contributed by atoms with E-state index >= 15 is 0 Å². The Balaban J connectivity index is 2.06. The van der Waals surface area contributed by atoms with Crippen LogP contribution in [0.5, 0.6) is 0 Å². The highest BCUT2D eigenvalue weighted by Crippen LogP contribution is 2.29. The number of halogens is 1. The Labute approximate surface area is 109 Å². The fraction of sp³-hybridized carbons (Fsp3) is 0.600. The summed E-state index contributed by atoms with van der Waals surface area (Å²) < 4.78 is 0. The van der Waals surface area contributed by atoms with E-state index in [0.717, 1.165) is 24.3 Å². The van der Waals surface area contributed by atoms with E-state index in [1.54, 1.807) is 0 Å². The Hall–Kier alpha value is -0.530. The quantitative estimate of drug-likeness (QED) is 0.832. The molecule has 0 radical (unpaired) electrons. The van der Waals surface area contributed by atoms with Crippen molar-refractivity contribution in [2.45, 2.75) is 56.9 Å². The molecule has 0 atom stereocenters. The highest BCUT2D eigenvalue weighted by atomic mass is 35.5. The molecule has 0 heterocycles. The summed E-state index contributed by atoms with van der Waals surface area (Å²) in [7, 11) is 0.